The highest BCUT2D eigenvalue weighted by atomic mass is 16.2. The van der Waals surface area contributed by atoms with E-state index in [-0.39, 0.29) is 29.6 Å². The van der Waals surface area contributed by atoms with Crippen LogP contribution < -0.4 is 5.32 Å². The molecule has 0 spiro atoms. The Morgan fingerprint density at radius 1 is 0.786 bits per heavy atom. The van der Waals surface area contributed by atoms with Crippen molar-refractivity contribution in [1.29, 1.82) is 0 Å². The lowest BCUT2D eigenvalue weighted by molar-refractivity contribution is -0.110. The van der Waals surface area contributed by atoms with Crippen molar-refractivity contribution in [2.45, 2.75) is 58.4 Å². The van der Waals surface area contributed by atoms with Crippen LogP contribution in [0.3, 0.4) is 0 Å². The van der Waals surface area contributed by atoms with Crippen LogP contribution >= 0.6 is 0 Å². The van der Waals surface area contributed by atoms with Crippen molar-refractivity contribution in [2.75, 3.05) is 0 Å². The summed E-state index contributed by atoms with van der Waals surface area (Å²) in [5.41, 5.74) is 5.29. The first kappa shape index (κ1) is 30.6. The molecule has 216 valence electrons. The first-order chi connectivity index (χ1) is 20.4. The van der Waals surface area contributed by atoms with Gasteiger partial charge in [-0.05, 0) is 91.5 Å². The third-order valence-electron chi connectivity index (χ3n) is 7.76. The van der Waals surface area contributed by atoms with Gasteiger partial charge in [-0.3, -0.25) is 14.6 Å². The molecular weight excluding hydrogens is 520 g/mol. The van der Waals surface area contributed by atoms with Crippen LogP contribution in [0.5, 0.6) is 0 Å². The SMILES string of the molecule is CC(NC(=O)c1cc(CCc2ccccc2)cc(C(=O)C[C@H](CC[C@@H](C)C=O)Cc2ccccc2)c1)c1cccnc1. The van der Waals surface area contributed by atoms with Crippen LogP contribution in [0.2, 0.25) is 0 Å². The van der Waals surface area contributed by atoms with Crippen molar-refractivity contribution in [3.05, 3.63) is 137 Å². The summed E-state index contributed by atoms with van der Waals surface area (Å²) < 4.78 is 0. The molecule has 4 aromatic rings. The largest absolute Gasteiger partial charge is 0.345 e. The molecule has 0 aliphatic rings. The minimum absolute atomic E-state index is 0.0191. The highest BCUT2D eigenvalue weighted by Crippen LogP contribution is 2.24. The molecule has 1 heterocycles. The van der Waals surface area contributed by atoms with Gasteiger partial charge in [-0.1, -0.05) is 73.7 Å². The van der Waals surface area contributed by atoms with Crippen molar-refractivity contribution < 1.29 is 14.4 Å². The van der Waals surface area contributed by atoms with Crippen LogP contribution in [0, 0.1) is 11.8 Å². The van der Waals surface area contributed by atoms with Crippen molar-refractivity contribution in [2.24, 2.45) is 11.8 Å². The number of rotatable bonds is 15. The lowest BCUT2D eigenvalue weighted by Gasteiger charge is -2.19. The molecule has 0 bridgehead atoms. The number of Topliss-reactive ketones (excluding diaryl/α,β-unsaturated/α-hetero) is 1. The van der Waals surface area contributed by atoms with E-state index >= 15 is 0 Å². The van der Waals surface area contributed by atoms with E-state index in [4.69, 9.17) is 0 Å². The Morgan fingerprint density at radius 2 is 1.45 bits per heavy atom. The van der Waals surface area contributed by atoms with E-state index in [0.717, 1.165) is 43.1 Å². The second kappa shape index (κ2) is 15.6. The Hall–Kier alpha value is -4.38. The van der Waals surface area contributed by atoms with Crippen molar-refractivity contribution in [3.8, 4) is 0 Å². The lowest BCUT2D eigenvalue weighted by atomic mass is 9.86. The second-order valence-electron chi connectivity index (χ2n) is 11.3. The molecule has 5 heteroatoms. The number of ketones is 1. The van der Waals surface area contributed by atoms with Gasteiger partial charge < -0.3 is 10.1 Å². The average molecular weight is 561 g/mol. The lowest BCUT2D eigenvalue weighted by Crippen LogP contribution is -2.27. The summed E-state index contributed by atoms with van der Waals surface area (Å²) in [7, 11) is 0. The highest BCUT2D eigenvalue weighted by molar-refractivity contribution is 6.01. The standard InChI is InChI=1S/C37H40N2O3/c1-27(26-40)15-16-31(20-30-12-7-4-8-13-30)23-36(41)34-21-32(18-17-29-10-5-3-6-11-29)22-35(24-34)37(42)39-28(2)33-14-9-19-38-25-33/h3-14,19,21-22,24-28,31H,15-18,20,23H2,1-2H3,(H,39,42)/t27-,28?,31-/m1/s1. The first-order valence-electron chi connectivity index (χ1n) is 14.8. The molecule has 42 heavy (non-hydrogen) atoms. The molecule has 0 saturated heterocycles. The second-order valence-corrected chi connectivity index (χ2v) is 11.3. The summed E-state index contributed by atoms with van der Waals surface area (Å²) in [6.07, 6.45) is 8.60. The zero-order valence-corrected chi connectivity index (χ0v) is 24.5. The summed E-state index contributed by atoms with van der Waals surface area (Å²) in [6, 6.07) is 29.5. The Balaban J connectivity index is 1.57. The van der Waals surface area contributed by atoms with Crippen molar-refractivity contribution in [3.63, 3.8) is 0 Å². The molecule has 1 unspecified atom stereocenters. The number of carbonyl (C=O) groups is 3. The zero-order chi connectivity index (χ0) is 29.7. The molecule has 3 atom stereocenters. The van der Waals surface area contributed by atoms with Gasteiger partial charge in [0.05, 0.1) is 6.04 Å². The van der Waals surface area contributed by atoms with Gasteiger partial charge in [-0.2, -0.15) is 0 Å². The van der Waals surface area contributed by atoms with E-state index in [2.05, 4.69) is 34.6 Å². The fraction of sp³-hybridized carbons (Fsp3) is 0.297. The van der Waals surface area contributed by atoms with E-state index in [1.807, 2.05) is 74.5 Å². The van der Waals surface area contributed by atoms with E-state index < -0.39 is 0 Å². The molecule has 0 fully saturated rings. The van der Waals surface area contributed by atoms with Crippen LogP contribution in [0.15, 0.2) is 103 Å². The van der Waals surface area contributed by atoms with Gasteiger partial charge in [0.2, 0.25) is 0 Å². The van der Waals surface area contributed by atoms with Crippen LogP contribution in [-0.4, -0.2) is 23.0 Å². The third-order valence-corrected chi connectivity index (χ3v) is 7.76. The van der Waals surface area contributed by atoms with E-state index in [1.165, 1.54) is 11.1 Å². The molecule has 5 nitrogen and oxygen atoms in total. The normalized spacial score (nSPS) is 13.1. The van der Waals surface area contributed by atoms with Gasteiger partial charge in [0.25, 0.3) is 5.91 Å². The van der Waals surface area contributed by atoms with Gasteiger partial charge in [-0.15, -0.1) is 0 Å². The number of nitrogens with one attached hydrogen (secondary N) is 1. The summed E-state index contributed by atoms with van der Waals surface area (Å²) in [5, 5.41) is 3.07. The fourth-order valence-corrected chi connectivity index (χ4v) is 5.23. The fourth-order valence-electron chi connectivity index (χ4n) is 5.23. The topological polar surface area (TPSA) is 76.1 Å². The van der Waals surface area contributed by atoms with Crippen LogP contribution in [0.1, 0.15) is 82.1 Å². The van der Waals surface area contributed by atoms with Gasteiger partial charge in [0, 0.05) is 35.9 Å². The van der Waals surface area contributed by atoms with Crippen molar-refractivity contribution in [1.82, 2.24) is 10.3 Å². The summed E-state index contributed by atoms with van der Waals surface area (Å²) in [6.45, 7) is 3.84. The zero-order valence-electron chi connectivity index (χ0n) is 24.5. The number of hydrogen-bond acceptors (Lipinski definition) is 4. The molecule has 0 aliphatic carbocycles. The van der Waals surface area contributed by atoms with Gasteiger partial charge in [0.15, 0.2) is 5.78 Å². The number of amides is 1. The molecule has 1 amide bonds. The van der Waals surface area contributed by atoms with E-state index in [0.29, 0.717) is 24.0 Å². The summed E-state index contributed by atoms with van der Waals surface area (Å²) >= 11 is 0. The Labute approximate surface area is 249 Å². The minimum Gasteiger partial charge on any atom is -0.345 e. The third kappa shape index (κ3) is 9.34. The quantitative estimate of drug-likeness (QED) is 0.121. The Kier molecular flexibility index (Phi) is 11.3. The van der Waals surface area contributed by atoms with Crippen LogP contribution in [0.25, 0.3) is 0 Å². The molecule has 1 aromatic heterocycles. The number of carbonyl (C=O) groups excluding carboxylic acids is 3. The molecule has 0 radical (unpaired) electrons. The monoisotopic (exact) mass is 560 g/mol. The van der Waals surface area contributed by atoms with Crippen molar-refractivity contribution >= 4 is 18.0 Å². The highest BCUT2D eigenvalue weighted by Gasteiger charge is 2.20. The molecule has 3 aromatic carbocycles. The number of hydrogen-bond donors (Lipinski definition) is 1. The minimum atomic E-state index is -0.228. The number of nitrogens with zero attached hydrogens (tertiary/aromatic N) is 1. The smallest absolute Gasteiger partial charge is 0.251 e. The van der Waals surface area contributed by atoms with Crippen LogP contribution in [-0.2, 0) is 24.1 Å². The number of aryl methyl sites for hydroxylation is 2. The first-order valence-corrected chi connectivity index (χ1v) is 14.8. The molecule has 4 rings (SSSR count). The van der Waals surface area contributed by atoms with Gasteiger partial charge in [0.1, 0.15) is 6.29 Å². The van der Waals surface area contributed by atoms with E-state index in [1.54, 1.807) is 18.5 Å². The Morgan fingerprint density at radius 3 is 2.12 bits per heavy atom. The van der Waals surface area contributed by atoms with Gasteiger partial charge >= 0.3 is 0 Å². The number of benzene rings is 3. The molecular formula is C37H40N2O3. The van der Waals surface area contributed by atoms with Crippen LogP contribution in [0.4, 0.5) is 0 Å². The van der Waals surface area contributed by atoms with E-state index in [9.17, 15) is 14.4 Å². The summed E-state index contributed by atoms with van der Waals surface area (Å²) in [5.74, 6) is -0.150. The predicted octanol–water partition coefficient (Wildman–Crippen LogP) is 7.40. The van der Waals surface area contributed by atoms with Gasteiger partial charge in [-0.25, -0.2) is 0 Å². The maximum Gasteiger partial charge on any atom is 0.251 e. The summed E-state index contributed by atoms with van der Waals surface area (Å²) in [4.78, 5) is 42.7. The maximum absolute atomic E-state index is 13.8. The number of aldehydes is 1. The predicted molar refractivity (Wildman–Crippen MR) is 167 cm³/mol. The maximum atomic E-state index is 13.8. The number of aromatic nitrogens is 1. The molecule has 0 saturated carbocycles. The number of pyridine rings is 1. The molecule has 0 aliphatic heterocycles. The Bertz CT molecular complexity index is 1440. The molecule has 1 N–H and O–H groups in total. The average Bonchev–Trinajstić information content (AvgIpc) is 3.03.